The van der Waals surface area contributed by atoms with Crippen molar-refractivity contribution in [3.63, 3.8) is 0 Å². The van der Waals surface area contributed by atoms with Gasteiger partial charge in [-0.15, -0.1) is 0 Å². The third-order valence-electron chi connectivity index (χ3n) is 4.22. The van der Waals surface area contributed by atoms with E-state index in [0.29, 0.717) is 23.8 Å². The Kier molecular flexibility index (Phi) is 7.60. The number of hydrogen-bond acceptors (Lipinski definition) is 5. The van der Waals surface area contributed by atoms with Gasteiger partial charge in [0, 0.05) is 12.4 Å². The number of benzene rings is 2. The van der Waals surface area contributed by atoms with Gasteiger partial charge in [-0.2, -0.15) is 0 Å². The fraction of sp³-hybridized carbons (Fsp3) is 0.381. The highest BCUT2D eigenvalue weighted by atomic mass is 32.2. The van der Waals surface area contributed by atoms with E-state index in [0.717, 1.165) is 12.0 Å². The average Bonchev–Trinajstić information content (AvgIpc) is 2.61. The number of sulfonamides is 1. The lowest BCUT2D eigenvalue weighted by atomic mass is 10.0. The molecule has 1 unspecified atom stereocenters. The molecule has 0 aliphatic carbocycles. The first-order chi connectivity index (χ1) is 13.2. The minimum atomic E-state index is -3.89. The van der Waals surface area contributed by atoms with Crippen LogP contribution in [0.1, 0.15) is 43.9 Å². The number of hydrogen-bond donors (Lipinski definition) is 1. The Hall–Kier alpha value is -2.38. The smallest absolute Gasteiger partial charge is 0.241 e. The van der Waals surface area contributed by atoms with E-state index in [1.165, 1.54) is 12.1 Å². The number of ether oxygens (including phenoxy) is 1. The summed E-state index contributed by atoms with van der Waals surface area (Å²) >= 11 is 0. The number of nitrogens with one attached hydrogen (secondary N) is 1. The highest BCUT2D eigenvalue weighted by Crippen LogP contribution is 2.24. The predicted molar refractivity (Wildman–Crippen MR) is 105 cm³/mol. The molecule has 2 aromatic carbocycles. The van der Waals surface area contributed by atoms with Crippen LogP contribution in [0.4, 0.5) is 0 Å². The fourth-order valence-electron chi connectivity index (χ4n) is 2.60. The summed E-state index contributed by atoms with van der Waals surface area (Å²) in [7, 11) is -3.89. The summed E-state index contributed by atoms with van der Waals surface area (Å²) in [6.45, 7) is 6.57. The van der Waals surface area contributed by atoms with E-state index in [1.807, 2.05) is 6.92 Å². The number of aryl methyl sites for hydroxylation is 1. The second-order valence-electron chi connectivity index (χ2n) is 7.17. The first-order valence-corrected chi connectivity index (χ1v) is 10.7. The number of carboxylic acid groups (broad SMARTS) is 1. The zero-order valence-electron chi connectivity index (χ0n) is 16.3. The summed E-state index contributed by atoms with van der Waals surface area (Å²) in [6.07, 6.45) is 0.396. The van der Waals surface area contributed by atoms with Gasteiger partial charge in [-0.05, 0) is 49.1 Å². The Morgan fingerprint density at radius 2 is 1.82 bits per heavy atom. The highest BCUT2D eigenvalue weighted by molar-refractivity contribution is 7.89. The molecule has 1 atom stereocenters. The molecule has 0 aliphatic heterocycles. The van der Waals surface area contributed by atoms with Crippen LogP contribution in [0.5, 0.6) is 5.75 Å². The van der Waals surface area contributed by atoms with Crippen LogP contribution in [0.2, 0.25) is 0 Å². The molecule has 0 radical (unpaired) electrons. The van der Waals surface area contributed by atoms with Gasteiger partial charge in [0.05, 0.1) is 17.5 Å². The lowest BCUT2D eigenvalue weighted by Crippen LogP contribution is -2.34. The van der Waals surface area contributed by atoms with Gasteiger partial charge in [0.1, 0.15) is 5.75 Å². The molecular weight excluding hydrogens is 378 g/mol. The Morgan fingerprint density at radius 3 is 2.43 bits per heavy atom. The molecule has 6 nitrogen and oxygen atoms in total. The van der Waals surface area contributed by atoms with Gasteiger partial charge < -0.3 is 14.6 Å². The molecule has 0 saturated carbocycles. The van der Waals surface area contributed by atoms with Crippen LogP contribution in [-0.4, -0.2) is 21.0 Å². The van der Waals surface area contributed by atoms with E-state index in [-0.39, 0.29) is 4.90 Å². The maximum absolute atomic E-state index is 12.7. The van der Waals surface area contributed by atoms with Crippen LogP contribution >= 0.6 is 0 Å². The van der Waals surface area contributed by atoms with Crippen molar-refractivity contribution in [1.29, 1.82) is 0 Å². The van der Waals surface area contributed by atoms with Crippen molar-refractivity contribution in [1.82, 2.24) is 4.72 Å². The van der Waals surface area contributed by atoms with Gasteiger partial charge in [0.15, 0.2) is 0 Å². The molecule has 28 heavy (non-hydrogen) atoms. The molecular formula is C21H26NO5S-. The van der Waals surface area contributed by atoms with Crippen molar-refractivity contribution >= 4 is 16.0 Å². The predicted octanol–water partition coefficient (Wildman–Crippen LogP) is 2.58. The molecule has 0 aromatic heterocycles. The topological polar surface area (TPSA) is 95.5 Å². The maximum atomic E-state index is 12.7. The monoisotopic (exact) mass is 404 g/mol. The van der Waals surface area contributed by atoms with Crippen molar-refractivity contribution in [2.24, 2.45) is 5.92 Å². The van der Waals surface area contributed by atoms with Crippen molar-refractivity contribution in [2.75, 3.05) is 6.61 Å². The number of carboxylic acids is 1. The Morgan fingerprint density at radius 1 is 1.14 bits per heavy atom. The molecule has 0 aliphatic rings. The van der Waals surface area contributed by atoms with Crippen LogP contribution in [0.3, 0.4) is 0 Å². The lowest BCUT2D eigenvalue weighted by molar-refractivity contribution is -0.306. The van der Waals surface area contributed by atoms with Crippen LogP contribution in [0, 0.1) is 12.8 Å². The van der Waals surface area contributed by atoms with Crippen LogP contribution in [0.15, 0.2) is 53.4 Å². The zero-order chi connectivity index (χ0) is 20.7. The van der Waals surface area contributed by atoms with Gasteiger partial charge in [0.25, 0.3) is 0 Å². The first kappa shape index (κ1) is 21.9. The van der Waals surface area contributed by atoms with Gasteiger partial charge in [-0.25, -0.2) is 13.1 Å². The largest absolute Gasteiger partial charge is 0.550 e. The Labute approximate surface area is 166 Å². The van der Waals surface area contributed by atoms with Crippen molar-refractivity contribution in [2.45, 2.75) is 44.6 Å². The molecule has 152 valence electrons. The molecule has 0 fully saturated rings. The number of carbonyl (C=O) groups is 1. The SMILES string of the molecule is Cc1ccc(S(=O)(=O)NC(CC(=O)[O-])c2cccc(OCCC(C)C)c2)cc1. The lowest BCUT2D eigenvalue weighted by Gasteiger charge is -2.20. The number of carbonyl (C=O) groups excluding carboxylic acids is 1. The average molecular weight is 405 g/mol. The van der Waals surface area contributed by atoms with E-state index < -0.39 is 28.5 Å². The summed E-state index contributed by atoms with van der Waals surface area (Å²) in [5.41, 5.74) is 1.43. The summed E-state index contributed by atoms with van der Waals surface area (Å²) in [5, 5.41) is 11.2. The van der Waals surface area contributed by atoms with Gasteiger partial charge in [0.2, 0.25) is 10.0 Å². The molecule has 7 heteroatoms. The quantitative estimate of drug-likeness (QED) is 0.657. The van der Waals surface area contributed by atoms with E-state index in [9.17, 15) is 18.3 Å². The Balaban J connectivity index is 2.23. The van der Waals surface area contributed by atoms with Crippen molar-refractivity contribution in [3.05, 3.63) is 59.7 Å². The highest BCUT2D eigenvalue weighted by Gasteiger charge is 2.22. The molecule has 0 heterocycles. The van der Waals surface area contributed by atoms with Gasteiger partial charge in [-0.1, -0.05) is 43.7 Å². The minimum Gasteiger partial charge on any atom is -0.550 e. The van der Waals surface area contributed by atoms with Crippen molar-refractivity contribution in [3.8, 4) is 5.75 Å². The molecule has 2 aromatic rings. The molecule has 0 saturated heterocycles. The van der Waals surface area contributed by atoms with Gasteiger partial charge >= 0.3 is 0 Å². The zero-order valence-corrected chi connectivity index (χ0v) is 17.2. The molecule has 2 rings (SSSR count). The molecule has 0 bridgehead atoms. The van der Waals surface area contributed by atoms with E-state index in [2.05, 4.69) is 18.6 Å². The second kappa shape index (κ2) is 9.71. The first-order valence-electron chi connectivity index (χ1n) is 9.19. The van der Waals surface area contributed by atoms with Crippen LogP contribution in [0.25, 0.3) is 0 Å². The van der Waals surface area contributed by atoms with Crippen molar-refractivity contribution < 1.29 is 23.1 Å². The standard InChI is InChI=1S/C21H27NO5S/c1-15(2)11-12-27-18-6-4-5-17(13-18)20(14-21(23)24)22-28(25,26)19-9-7-16(3)8-10-19/h4-10,13,15,20,22H,11-12,14H2,1-3H3,(H,23,24)/p-1. The summed E-state index contributed by atoms with van der Waals surface area (Å²) < 4.78 is 33.5. The summed E-state index contributed by atoms with van der Waals surface area (Å²) in [4.78, 5) is 11.3. The van der Waals surface area contributed by atoms with E-state index >= 15 is 0 Å². The third kappa shape index (κ3) is 6.65. The van der Waals surface area contributed by atoms with Crippen LogP contribution in [-0.2, 0) is 14.8 Å². The summed E-state index contributed by atoms with van der Waals surface area (Å²) in [5.74, 6) is -0.283. The van der Waals surface area contributed by atoms with E-state index in [1.54, 1.807) is 36.4 Å². The minimum absolute atomic E-state index is 0.0748. The summed E-state index contributed by atoms with van der Waals surface area (Å²) in [6, 6.07) is 12.2. The number of aliphatic carboxylic acids is 1. The Bertz CT molecular complexity index is 891. The molecule has 0 spiro atoms. The second-order valence-corrected chi connectivity index (χ2v) is 8.88. The number of rotatable bonds is 10. The third-order valence-corrected chi connectivity index (χ3v) is 5.71. The normalized spacial score (nSPS) is 12.7. The maximum Gasteiger partial charge on any atom is 0.241 e. The fourth-order valence-corrected chi connectivity index (χ4v) is 3.82. The van der Waals surface area contributed by atoms with Crippen LogP contribution < -0.4 is 14.6 Å². The van der Waals surface area contributed by atoms with Gasteiger partial charge in [-0.3, -0.25) is 0 Å². The molecule has 0 amide bonds. The molecule has 1 N–H and O–H groups in total. The van der Waals surface area contributed by atoms with E-state index in [4.69, 9.17) is 4.74 Å².